The van der Waals surface area contributed by atoms with Crippen LogP contribution in [0.5, 0.6) is 0 Å². The Morgan fingerprint density at radius 2 is 1.88 bits per heavy atom. The SMILES string of the molecule is CCCc1nc2c(C)nc(NC)nc2n1Cc1ccc(-c2ccncc2-c2nnn[nH]2)cc1. The summed E-state index contributed by atoms with van der Waals surface area (Å²) in [5, 5.41) is 17.3. The third-order valence-corrected chi connectivity index (χ3v) is 5.57. The molecule has 10 nitrogen and oxygen atoms in total. The minimum absolute atomic E-state index is 0.590. The molecule has 0 bridgehead atoms. The van der Waals surface area contributed by atoms with Crippen LogP contribution >= 0.6 is 0 Å². The fourth-order valence-electron chi connectivity index (χ4n) is 3.96. The van der Waals surface area contributed by atoms with E-state index < -0.39 is 0 Å². The van der Waals surface area contributed by atoms with Gasteiger partial charge in [0.1, 0.15) is 11.3 Å². The number of hydrogen-bond acceptors (Lipinski definition) is 8. The molecule has 0 spiro atoms. The Bertz CT molecular complexity index is 1390. The first-order valence-corrected chi connectivity index (χ1v) is 10.9. The fraction of sp³-hybridized carbons (Fsp3) is 0.261. The summed E-state index contributed by atoms with van der Waals surface area (Å²) in [6.07, 6.45) is 5.43. The highest BCUT2D eigenvalue weighted by Crippen LogP contribution is 2.29. The smallest absolute Gasteiger partial charge is 0.224 e. The average molecular weight is 441 g/mol. The number of hydrogen-bond donors (Lipinski definition) is 2. The third-order valence-electron chi connectivity index (χ3n) is 5.57. The first kappa shape index (κ1) is 20.7. The molecule has 0 radical (unpaired) electrons. The molecule has 33 heavy (non-hydrogen) atoms. The van der Waals surface area contributed by atoms with Crippen molar-refractivity contribution in [2.75, 3.05) is 12.4 Å². The lowest BCUT2D eigenvalue weighted by Crippen LogP contribution is -2.07. The number of aromatic nitrogens is 9. The van der Waals surface area contributed by atoms with Crippen LogP contribution in [-0.2, 0) is 13.0 Å². The van der Waals surface area contributed by atoms with Gasteiger partial charge in [0, 0.05) is 31.4 Å². The molecule has 0 fully saturated rings. The summed E-state index contributed by atoms with van der Waals surface area (Å²) in [6, 6.07) is 10.4. The zero-order valence-electron chi connectivity index (χ0n) is 18.7. The van der Waals surface area contributed by atoms with Crippen molar-refractivity contribution >= 4 is 17.1 Å². The number of nitrogens with zero attached hydrogens (tertiary/aromatic N) is 8. The first-order valence-electron chi connectivity index (χ1n) is 10.9. The molecule has 1 aromatic carbocycles. The Hall–Kier alpha value is -4.21. The molecule has 0 aliphatic carbocycles. The maximum Gasteiger partial charge on any atom is 0.224 e. The number of nitrogens with one attached hydrogen (secondary N) is 2. The van der Waals surface area contributed by atoms with Crippen LogP contribution in [0.25, 0.3) is 33.7 Å². The van der Waals surface area contributed by atoms with Crippen molar-refractivity contribution in [3.05, 3.63) is 59.8 Å². The molecule has 10 heteroatoms. The van der Waals surface area contributed by atoms with Crippen molar-refractivity contribution in [1.29, 1.82) is 0 Å². The van der Waals surface area contributed by atoms with Crippen molar-refractivity contribution in [3.63, 3.8) is 0 Å². The van der Waals surface area contributed by atoms with Gasteiger partial charge < -0.3 is 9.88 Å². The lowest BCUT2D eigenvalue weighted by atomic mass is 10.00. The molecule has 2 N–H and O–H groups in total. The highest BCUT2D eigenvalue weighted by atomic mass is 15.5. The highest BCUT2D eigenvalue weighted by Gasteiger charge is 2.16. The standard InChI is InChI=1S/C23H24N10/c1-4-5-19-27-20-14(2)26-23(24-3)28-22(20)33(19)13-15-6-8-16(9-7-15)17-10-11-25-12-18(17)21-29-31-32-30-21/h6-12H,4-5,13H2,1-3H3,(H,24,26,28)(H,29,30,31,32). The Labute approximate surface area is 190 Å². The summed E-state index contributed by atoms with van der Waals surface area (Å²) in [7, 11) is 1.83. The van der Waals surface area contributed by atoms with Gasteiger partial charge in [-0.3, -0.25) is 4.98 Å². The lowest BCUT2D eigenvalue weighted by molar-refractivity contribution is 0.716. The van der Waals surface area contributed by atoms with Crippen molar-refractivity contribution < 1.29 is 0 Å². The number of rotatable bonds is 7. The summed E-state index contributed by atoms with van der Waals surface area (Å²) < 4.78 is 2.20. The topological polar surface area (TPSA) is 123 Å². The molecule has 0 atom stereocenters. The normalized spacial score (nSPS) is 11.2. The van der Waals surface area contributed by atoms with E-state index in [2.05, 4.69) is 71.7 Å². The first-order chi connectivity index (χ1) is 16.2. The fourth-order valence-corrected chi connectivity index (χ4v) is 3.96. The Balaban J connectivity index is 1.51. The van der Waals surface area contributed by atoms with E-state index in [1.165, 1.54) is 0 Å². The van der Waals surface area contributed by atoms with E-state index in [1.54, 1.807) is 12.4 Å². The van der Waals surface area contributed by atoms with E-state index in [9.17, 15) is 0 Å². The molecule has 0 aliphatic heterocycles. The number of benzene rings is 1. The molecule has 5 rings (SSSR count). The molecule has 0 aliphatic rings. The van der Waals surface area contributed by atoms with Gasteiger partial charge in [-0.25, -0.2) is 15.1 Å². The average Bonchev–Trinajstić information content (AvgIpc) is 3.49. The predicted octanol–water partition coefficient (Wildman–Crippen LogP) is 3.42. The summed E-state index contributed by atoms with van der Waals surface area (Å²) in [5.41, 5.74) is 6.68. The zero-order valence-corrected chi connectivity index (χ0v) is 18.7. The van der Waals surface area contributed by atoms with Gasteiger partial charge in [-0.1, -0.05) is 31.2 Å². The summed E-state index contributed by atoms with van der Waals surface area (Å²) in [4.78, 5) is 18.3. The van der Waals surface area contributed by atoms with E-state index >= 15 is 0 Å². The summed E-state index contributed by atoms with van der Waals surface area (Å²) >= 11 is 0. The van der Waals surface area contributed by atoms with E-state index in [1.807, 2.05) is 20.0 Å². The monoisotopic (exact) mass is 440 g/mol. The maximum absolute atomic E-state index is 4.86. The Morgan fingerprint density at radius 3 is 2.61 bits per heavy atom. The number of H-pyrrole nitrogens is 1. The second-order valence-corrected chi connectivity index (χ2v) is 7.79. The van der Waals surface area contributed by atoms with Crippen molar-refractivity contribution in [2.45, 2.75) is 33.2 Å². The molecule has 4 heterocycles. The number of pyridine rings is 1. The van der Waals surface area contributed by atoms with Crippen LogP contribution in [0.2, 0.25) is 0 Å². The maximum atomic E-state index is 4.86. The van der Waals surface area contributed by atoms with Gasteiger partial charge in [-0.15, -0.1) is 5.10 Å². The number of tetrazole rings is 1. The quantitative estimate of drug-likeness (QED) is 0.395. The number of imidazole rings is 1. The van der Waals surface area contributed by atoms with Crippen LogP contribution in [0.3, 0.4) is 0 Å². The van der Waals surface area contributed by atoms with Crippen molar-refractivity contribution in [3.8, 4) is 22.5 Å². The molecule has 4 aromatic heterocycles. The van der Waals surface area contributed by atoms with Gasteiger partial charge in [0.05, 0.1) is 12.2 Å². The minimum atomic E-state index is 0.590. The molecule has 0 saturated heterocycles. The van der Waals surface area contributed by atoms with Gasteiger partial charge in [-0.2, -0.15) is 4.98 Å². The molecule has 0 unspecified atom stereocenters. The van der Waals surface area contributed by atoms with E-state index in [-0.39, 0.29) is 0 Å². The Kier molecular flexibility index (Phi) is 5.47. The van der Waals surface area contributed by atoms with Crippen LogP contribution in [0.4, 0.5) is 5.95 Å². The lowest BCUT2D eigenvalue weighted by Gasteiger charge is -2.11. The molecule has 166 valence electrons. The van der Waals surface area contributed by atoms with Crippen molar-refractivity contribution in [1.82, 2.24) is 45.1 Å². The van der Waals surface area contributed by atoms with Crippen molar-refractivity contribution in [2.24, 2.45) is 0 Å². The largest absolute Gasteiger partial charge is 0.357 e. The van der Waals surface area contributed by atoms with Gasteiger partial charge in [0.25, 0.3) is 0 Å². The highest BCUT2D eigenvalue weighted by molar-refractivity contribution is 5.79. The molecule has 0 saturated carbocycles. The van der Waals surface area contributed by atoms with E-state index in [0.717, 1.165) is 57.8 Å². The molecular formula is C23H24N10. The van der Waals surface area contributed by atoms with E-state index in [0.29, 0.717) is 18.3 Å². The van der Waals surface area contributed by atoms with Gasteiger partial charge in [0.15, 0.2) is 11.5 Å². The number of fused-ring (bicyclic) bond motifs is 1. The number of anilines is 1. The zero-order chi connectivity index (χ0) is 22.8. The summed E-state index contributed by atoms with van der Waals surface area (Å²) in [5.74, 6) is 2.22. The Morgan fingerprint density at radius 1 is 1.03 bits per heavy atom. The molecule has 0 amide bonds. The number of aryl methyl sites for hydroxylation is 2. The van der Waals surface area contributed by atoms with Crippen LogP contribution in [0, 0.1) is 6.92 Å². The number of aromatic amines is 1. The second kappa shape index (κ2) is 8.73. The summed E-state index contributed by atoms with van der Waals surface area (Å²) in [6.45, 7) is 4.82. The van der Waals surface area contributed by atoms with E-state index in [4.69, 9.17) is 9.97 Å². The second-order valence-electron chi connectivity index (χ2n) is 7.79. The van der Waals surface area contributed by atoms with Gasteiger partial charge >= 0.3 is 0 Å². The van der Waals surface area contributed by atoms with Crippen LogP contribution in [0.1, 0.15) is 30.4 Å². The van der Waals surface area contributed by atoms with Crippen LogP contribution < -0.4 is 5.32 Å². The van der Waals surface area contributed by atoms with Crippen LogP contribution in [-0.4, -0.2) is 52.2 Å². The predicted molar refractivity (Wildman–Crippen MR) is 126 cm³/mol. The molecular weight excluding hydrogens is 416 g/mol. The van der Waals surface area contributed by atoms with Gasteiger partial charge in [0.2, 0.25) is 5.95 Å². The third kappa shape index (κ3) is 3.91. The molecule has 5 aromatic rings. The van der Waals surface area contributed by atoms with Crippen LogP contribution in [0.15, 0.2) is 42.7 Å². The van der Waals surface area contributed by atoms with Gasteiger partial charge in [-0.05, 0) is 46.5 Å². The minimum Gasteiger partial charge on any atom is -0.357 e.